The van der Waals surface area contributed by atoms with Crippen LogP contribution in [0.3, 0.4) is 0 Å². The minimum atomic E-state index is -0.302. The second-order valence-corrected chi connectivity index (χ2v) is 8.85. The number of carbonyl (C=O) groups is 1. The third-order valence-electron chi connectivity index (χ3n) is 4.91. The van der Waals surface area contributed by atoms with E-state index < -0.39 is 0 Å². The molecule has 1 saturated carbocycles. The second kappa shape index (κ2) is 10.0. The molecule has 1 aromatic heterocycles. The first-order valence-electron chi connectivity index (χ1n) is 10.1. The Labute approximate surface area is 170 Å². The summed E-state index contributed by atoms with van der Waals surface area (Å²) in [5.74, 6) is 1.34. The summed E-state index contributed by atoms with van der Waals surface area (Å²) in [6.45, 7) is 4.92. The van der Waals surface area contributed by atoms with Gasteiger partial charge in [-0.15, -0.1) is 10.2 Å². The molecule has 2 aromatic rings. The number of nitrogens with one attached hydrogen (secondary N) is 1. The summed E-state index contributed by atoms with van der Waals surface area (Å²) in [6.07, 6.45) is 6.32. The summed E-state index contributed by atoms with van der Waals surface area (Å²) < 4.78 is 16.2. The SMILES string of the molecule is CC(C)Cn1c(SCCC(=O)NC2CCCCC2)nnc1-c1ccccc1F. The highest BCUT2D eigenvalue weighted by Gasteiger charge is 2.19. The third-order valence-corrected chi connectivity index (χ3v) is 5.88. The Morgan fingerprint density at radius 2 is 2.00 bits per heavy atom. The van der Waals surface area contributed by atoms with Crippen molar-refractivity contribution in [1.29, 1.82) is 0 Å². The fourth-order valence-corrected chi connectivity index (χ4v) is 4.43. The van der Waals surface area contributed by atoms with E-state index >= 15 is 0 Å². The predicted octanol–water partition coefficient (Wildman–Crippen LogP) is 4.67. The minimum Gasteiger partial charge on any atom is -0.353 e. The number of nitrogens with zero attached hydrogens (tertiary/aromatic N) is 3. The molecule has 3 rings (SSSR count). The summed E-state index contributed by atoms with van der Waals surface area (Å²) in [5.41, 5.74) is 0.456. The van der Waals surface area contributed by atoms with Gasteiger partial charge in [-0.1, -0.05) is 57.0 Å². The maximum Gasteiger partial charge on any atom is 0.221 e. The molecule has 0 spiro atoms. The Morgan fingerprint density at radius 1 is 1.25 bits per heavy atom. The summed E-state index contributed by atoms with van der Waals surface area (Å²) in [5, 5.41) is 12.4. The number of carbonyl (C=O) groups excluding carboxylic acids is 1. The Hall–Kier alpha value is -1.89. The molecule has 7 heteroatoms. The molecule has 0 saturated heterocycles. The number of halogens is 1. The van der Waals surface area contributed by atoms with Crippen molar-refractivity contribution in [2.45, 2.75) is 70.1 Å². The van der Waals surface area contributed by atoms with Crippen LogP contribution >= 0.6 is 11.8 Å². The summed E-state index contributed by atoms with van der Waals surface area (Å²) >= 11 is 1.51. The van der Waals surface area contributed by atoms with Gasteiger partial charge >= 0.3 is 0 Å². The zero-order chi connectivity index (χ0) is 19.9. The van der Waals surface area contributed by atoms with Crippen LogP contribution in [-0.4, -0.2) is 32.5 Å². The van der Waals surface area contributed by atoms with Gasteiger partial charge in [0.25, 0.3) is 0 Å². The smallest absolute Gasteiger partial charge is 0.221 e. The molecule has 1 aromatic carbocycles. The number of hydrogen-bond donors (Lipinski definition) is 1. The zero-order valence-electron chi connectivity index (χ0n) is 16.7. The number of rotatable bonds is 8. The van der Waals surface area contributed by atoms with Gasteiger partial charge < -0.3 is 9.88 Å². The normalized spacial score (nSPS) is 15.1. The highest BCUT2D eigenvalue weighted by atomic mass is 32.2. The van der Waals surface area contributed by atoms with Crippen LogP contribution in [0.4, 0.5) is 4.39 Å². The molecule has 152 valence electrons. The van der Waals surface area contributed by atoms with Crippen LogP contribution in [-0.2, 0) is 11.3 Å². The Morgan fingerprint density at radius 3 is 2.71 bits per heavy atom. The first kappa shape index (κ1) is 20.8. The fraction of sp³-hybridized carbons (Fsp3) is 0.571. The van der Waals surface area contributed by atoms with Crippen LogP contribution in [0.15, 0.2) is 29.4 Å². The average Bonchev–Trinajstić information content (AvgIpc) is 3.05. The maximum atomic E-state index is 14.2. The number of hydrogen-bond acceptors (Lipinski definition) is 4. The standard InChI is InChI=1S/C21H29FN4OS/c1-15(2)14-26-20(17-10-6-7-11-18(17)22)24-25-21(26)28-13-12-19(27)23-16-8-4-3-5-9-16/h6-7,10-11,15-16H,3-5,8-9,12-14H2,1-2H3,(H,23,27). The summed E-state index contributed by atoms with van der Waals surface area (Å²) in [4.78, 5) is 12.2. The van der Waals surface area contributed by atoms with Crippen LogP contribution in [0, 0.1) is 11.7 Å². The van der Waals surface area contributed by atoms with Gasteiger partial charge in [-0.05, 0) is 30.9 Å². The first-order chi connectivity index (χ1) is 13.5. The van der Waals surface area contributed by atoms with E-state index in [-0.39, 0.29) is 11.7 Å². The molecule has 1 fully saturated rings. The van der Waals surface area contributed by atoms with E-state index in [1.165, 1.54) is 37.1 Å². The van der Waals surface area contributed by atoms with Crippen LogP contribution in [0.2, 0.25) is 0 Å². The lowest BCUT2D eigenvalue weighted by atomic mass is 9.95. The van der Waals surface area contributed by atoms with Crippen molar-refractivity contribution < 1.29 is 9.18 Å². The van der Waals surface area contributed by atoms with Gasteiger partial charge in [0.2, 0.25) is 5.91 Å². The van der Waals surface area contributed by atoms with Crippen molar-refractivity contribution >= 4 is 17.7 Å². The third kappa shape index (κ3) is 5.56. The van der Waals surface area contributed by atoms with E-state index in [1.807, 2.05) is 4.57 Å². The van der Waals surface area contributed by atoms with E-state index in [1.54, 1.807) is 18.2 Å². The average molecular weight is 405 g/mol. The summed E-state index contributed by atoms with van der Waals surface area (Å²) in [7, 11) is 0. The lowest BCUT2D eigenvalue weighted by Gasteiger charge is -2.22. The van der Waals surface area contributed by atoms with Gasteiger partial charge in [-0.2, -0.15) is 0 Å². The topological polar surface area (TPSA) is 59.8 Å². The Kier molecular flexibility index (Phi) is 7.48. The number of benzene rings is 1. The largest absolute Gasteiger partial charge is 0.353 e. The maximum absolute atomic E-state index is 14.2. The molecule has 0 atom stereocenters. The minimum absolute atomic E-state index is 0.101. The van der Waals surface area contributed by atoms with Crippen LogP contribution in [0.25, 0.3) is 11.4 Å². The van der Waals surface area contributed by atoms with Gasteiger partial charge in [0.05, 0.1) is 5.56 Å². The van der Waals surface area contributed by atoms with Crippen LogP contribution in [0.1, 0.15) is 52.4 Å². The monoisotopic (exact) mass is 404 g/mol. The molecule has 0 unspecified atom stereocenters. The van der Waals surface area contributed by atoms with Crippen molar-refractivity contribution in [3.8, 4) is 11.4 Å². The Balaban J connectivity index is 1.63. The lowest BCUT2D eigenvalue weighted by Crippen LogP contribution is -2.36. The van der Waals surface area contributed by atoms with Crippen molar-refractivity contribution in [2.75, 3.05) is 5.75 Å². The molecule has 0 aliphatic heterocycles. The van der Waals surface area contributed by atoms with Crippen molar-refractivity contribution in [1.82, 2.24) is 20.1 Å². The number of amides is 1. The van der Waals surface area contributed by atoms with Crippen molar-refractivity contribution in [2.24, 2.45) is 5.92 Å². The van der Waals surface area contributed by atoms with Gasteiger partial charge in [0.15, 0.2) is 11.0 Å². The molecule has 0 bridgehead atoms. The molecule has 1 amide bonds. The Bertz CT molecular complexity index is 786. The lowest BCUT2D eigenvalue weighted by molar-refractivity contribution is -0.121. The van der Waals surface area contributed by atoms with Crippen LogP contribution in [0.5, 0.6) is 0 Å². The predicted molar refractivity (Wildman–Crippen MR) is 111 cm³/mol. The van der Waals surface area contributed by atoms with Crippen molar-refractivity contribution in [3.63, 3.8) is 0 Å². The highest BCUT2D eigenvalue weighted by molar-refractivity contribution is 7.99. The molecule has 1 N–H and O–H groups in total. The van der Waals surface area contributed by atoms with Crippen molar-refractivity contribution in [3.05, 3.63) is 30.1 Å². The molecule has 0 radical (unpaired) electrons. The van der Waals surface area contributed by atoms with E-state index in [2.05, 4.69) is 29.4 Å². The first-order valence-corrected chi connectivity index (χ1v) is 11.1. The zero-order valence-corrected chi connectivity index (χ0v) is 17.5. The second-order valence-electron chi connectivity index (χ2n) is 7.79. The molecule has 28 heavy (non-hydrogen) atoms. The number of thioether (sulfide) groups is 1. The molecular formula is C21H29FN4OS. The van der Waals surface area contributed by atoms with Crippen LogP contribution < -0.4 is 5.32 Å². The van der Waals surface area contributed by atoms with E-state index in [0.29, 0.717) is 42.1 Å². The van der Waals surface area contributed by atoms with E-state index in [4.69, 9.17) is 0 Å². The van der Waals surface area contributed by atoms with Gasteiger partial charge in [-0.25, -0.2) is 4.39 Å². The van der Waals surface area contributed by atoms with Gasteiger partial charge in [0.1, 0.15) is 5.82 Å². The number of aromatic nitrogens is 3. The quantitative estimate of drug-likeness (QED) is 0.650. The molecule has 1 heterocycles. The molecule has 5 nitrogen and oxygen atoms in total. The molecule has 1 aliphatic carbocycles. The summed E-state index contributed by atoms with van der Waals surface area (Å²) in [6, 6.07) is 6.97. The van der Waals surface area contributed by atoms with E-state index in [9.17, 15) is 9.18 Å². The fourth-order valence-electron chi connectivity index (χ4n) is 3.55. The van der Waals surface area contributed by atoms with Gasteiger partial charge in [-0.3, -0.25) is 4.79 Å². The molecular weight excluding hydrogens is 375 g/mol. The highest BCUT2D eigenvalue weighted by Crippen LogP contribution is 2.27. The van der Waals surface area contributed by atoms with Gasteiger partial charge in [0, 0.05) is 24.8 Å². The molecule has 1 aliphatic rings. The van der Waals surface area contributed by atoms with E-state index in [0.717, 1.165) is 18.0 Å².